The van der Waals surface area contributed by atoms with Crippen molar-refractivity contribution in [1.29, 1.82) is 0 Å². The van der Waals surface area contributed by atoms with Crippen molar-refractivity contribution in [3.05, 3.63) is 64.7 Å². The Labute approximate surface area is 138 Å². The van der Waals surface area contributed by atoms with Crippen LogP contribution in [0.3, 0.4) is 0 Å². The molecule has 0 amide bonds. The molecule has 0 aromatic heterocycles. The summed E-state index contributed by atoms with van der Waals surface area (Å²) in [6.07, 6.45) is 0.658. The lowest BCUT2D eigenvalue weighted by atomic mass is 10.00. The van der Waals surface area contributed by atoms with Crippen LogP contribution in [0.25, 0.3) is 0 Å². The van der Waals surface area contributed by atoms with Crippen LogP contribution in [0.4, 0.5) is 0 Å². The van der Waals surface area contributed by atoms with Gasteiger partial charge in [0.25, 0.3) is 0 Å². The van der Waals surface area contributed by atoms with Crippen LogP contribution in [0.2, 0.25) is 0 Å². The second-order valence-corrected chi connectivity index (χ2v) is 6.63. The molecule has 0 bridgehead atoms. The fraction of sp³-hybridized carbons (Fsp3) is 0.400. The summed E-state index contributed by atoms with van der Waals surface area (Å²) in [7, 11) is 0. The summed E-state index contributed by atoms with van der Waals surface area (Å²) in [5, 5.41) is 10.3. The minimum absolute atomic E-state index is 0.357. The molecule has 2 atom stereocenters. The third kappa shape index (κ3) is 4.12. The third-order valence-electron chi connectivity index (χ3n) is 4.61. The van der Waals surface area contributed by atoms with Gasteiger partial charge in [-0.2, -0.15) is 0 Å². The van der Waals surface area contributed by atoms with E-state index in [4.69, 9.17) is 4.74 Å². The SMILES string of the molecule is Cc1ccc(C)c(OC[C@@H](O)C[NH+]2CCc3ccccc3C2)c1. The molecule has 122 valence electrons. The van der Waals surface area contributed by atoms with Gasteiger partial charge in [0.15, 0.2) is 0 Å². The van der Waals surface area contributed by atoms with E-state index in [1.165, 1.54) is 21.6 Å². The fourth-order valence-corrected chi connectivity index (χ4v) is 3.26. The number of hydrogen-bond acceptors (Lipinski definition) is 2. The van der Waals surface area contributed by atoms with E-state index in [0.29, 0.717) is 6.61 Å². The molecular formula is C20H26NO2+. The molecule has 0 fully saturated rings. The van der Waals surface area contributed by atoms with E-state index in [1.54, 1.807) is 0 Å². The molecular weight excluding hydrogens is 286 g/mol. The van der Waals surface area contributed by atoms with Gasteiger partial charge in [0.05, 0.1) is 6.54 Å². The van der Waals surface area contributed by atoms with Gasteiger partial charge < -0.3 is 14.7 Å². The van der Waals surface area contributed by atoms with Gasteiger partial charge in [-0.25, -0.2) is 0 Å². The van der Waals surface area contributed by atoms with Crippen molar-refractivity contribution in [1.82, 2.24) is 0 Å². The van der Waals surface area contributed by atoms with E-state index in [9.17, 15) is 5.11 Å². The van der Waals surface area contributed by atoms with Crippen LogP contribution in [0, 0.1) is 13.8 Å². The summed E-state index contributed by atoms with van der Waals surface area (Å²) in [5.74, 6) is 0.878. The quantitative estimate of drug-likeness (QED) is 0.881. The Hall–Kier alpha value is -1.84. The molecule has 3 nitrogen and oxygen atoms in total. The van der Waals surface area contributed by atoms with Gasteiger partial charge >= 0.3 is 0 Å². The van der Waals surface area contributed by atoms with Gasteiger partial charge in [-0.15, -0.1) is 0 Å². The van der Waals surface area contributed by atoms with Gasteiger partial charge in [0, 0.05) is 12.0 Å². The van der Waals surface area contributed by atoms with Crippen molar-refractivity contribution in [3.63, 3.8) is 0 Å². The van der Waals surface area contributed by atoms with Gasteiger partial charge in [0.2, 0.25) is 0 Å². The number of aryl methyl sites for hydroxylation is 2. The standard InChI is InChI=1S/C20H25NO2/c1-15-7-8-16(2)20(11-15)23-14-19(22)13-21-10-9-17-5-3-4-6-18(17)12-21/h3-8,11,19,22H,9-10,12-14H2,1-2H3/p+1/t19-/m0/s1. The molecule has 3 heteroatoms. The highest BCUT2D eigenvalue weighted by molar-refractivity contribution is 5.36. The number of ether oxygens (including phenoxy) is 1. The van der Waals surface area contributed by atoms with E-state index >= 15 is 0 Å². The maximum absolute atomic E-state index is 10.3. The second-order valence-electron chi connectivity index (χ2n) is 6.63. The maximum Gasteiger partial charge on any atom is 0.137 e. The first-order valence-corrected chi connectivity index (χ1v) is 8.40. The van der Waals surface area contributed by atoms with E-state index in [2.05, 4.69) is 43.3 Å². The second kappa shape index (κ2) is 7.16. The summed E-state index contributed by atoms with van der Waals surface area (Å²) < 4.78 is 5.83. The Morgan fingerprint density at radius 3 is 2.74 bits per heavy atom. The third-order valence-corrected chi connectivity index (χ3v) is 4.61. The highest BCUT2D eigenvalue weighted by Gasteiger charge is 2.22. The molecule has 1 unspecified atom stereocenters. The van der Waals surface area contributed by atoms with Crippen LogP contribution in [0.15, 0.2) is 42.5 Å². The van der Waals surface area contributed by atoms with Gasteiger partial charge in [-0.1, -0.05) is 36.4 Å². The van der Waals surface area contributed by atoms with Crippen molar-refractivity contribution in [2.75, 3.05) is 19.7 Å². The number of benzene rings is 2. The van der Waals surface area contributed by atoms with Crippen molar-refractivity contribution in [2.45, 2.75) is 32.9 Å². The molecule has 1 aliphatic rings. The average molecular weight is 312 g/mol. The predicted molar refractivity (Wildman–Crippen MR) is 92.0 cm³/mol. The molecule has 23 heavy (non-hydrogen) atoms. The minimum Gasteiger partial charge on any atom is -0.490 e. The predicted octanol–water partition coefficient (Wildman–Crippen LogP) is 1.68. The monoisotopic (exact) mass is 312 g/mol. The van der Waals surface area contributed by atoms with E-state index in [0.717, 1.165) is 37.4 Å². The molecule has 0 radical (unpaired) electrons. The number of aliphatic hydroxyl groups excluding tert-OH is 1. The molecule has 0 saturated heterocycles. The van der Waals surface area contributed by atoms with Crippen molar-refractivity contribution in [3.8, 4) is 5.75 Å². The number of aliphatic hydroxyl groups is 1. The van der Waals surface area contributed by atoms with E-state index in [1.807, 2.05) is 13.0 Å². The lowest BCUT2D eigenvalue weighted by molar-refractivity contribution is -0.918. The van der Waals surface area contributed by atoms with Crippen LogP contribution in [-0.4, -0.2) is 30.9 Å². The number of nitrogens with one attached hydrogen (secondary N) is 1. The minimum atomic E-state index is -0.435. The summed E-state index contributed by atoms with van der Waals surface area (Å²) in [6, 6.07) is 14.8. The molecule has 1 heterocycles. The Morgan fingerprint density at radius 1 is 1.13 bits per heavy atom. The molecule has 2 aromatic carbocycles. The average Bonchev–Trinajstić information content (AvgIpc) is 2.55. The first-order chi connectivity index (χ1) is 11.1. The largest absolute Gasteiger partial charge is 0.490 e. The summed E-state index contributed by atoms with van der Waals surface area (Å²) in [4.78, 5) is 1.43. The summed E-state index contributed by atoms with van der Waals surface area (Å²) >= 11 is 0. The zero-order valence-electron chi connectivity index (χ0n) is 14.0. The smallest absolute Gasteiger partial charge is 0.137 e. The summed E-state index contributed by atoms with van der Waals surface area (Å²) in [5.41, 5.74) is 5.16. The normalized spacial score (nSPS) is 18.3. The van der Waals surface area contributed by atoms with Crippen molar-refractivity contribution < 1.29 is 14.7 Å². The van der Waals surface area contributed by atoms with Crippen LogP contribution in [-0.2, 0) is 13.0 Å². The Balaban J connectivity index is 1.52. The van der Waals surface area contributed by atoms with Gasteiger partial charge in [-0.05, 0) is 36.6 Å². The molecule has 3 rings (SSSR count). The topological polar surface area (TPSA) is 33.9 Å². The molecule has 1 aliphatic heterocycles. The summed E-state index contributed by atoms with van der Waals surface area (Å²) in [6.45, 7) is 7.26. The zero-order chi connectivity index (χ0) is 16.2. The van der Waals surface area contributed by atoms with E-state index < -0.39 is 6.10 Å². The first kappa shape index (κ1) is 16.0. The molecule has 2 aromatic rings. The van der Waals surface area contributed by atoms with Gasteiger partial charge in [0.1, 0.15) is 31.5 Å². The zero-order valence-corrected chi connectivity index (χ0v) is 14.0. The first-order valence-electron chi connectivity index (χ1n) is 8.40. The van der Waals surface area contributed by atoms with Crippen molar-refractivity contribution >= 4 is 0 Å². The Morgan fingerprint density at radius 2 is 1.91 bits per heavy atom. The van der Waals surface area contributed by atoms with Crippen molar-refractivity contribution in [2.24, 2.45) is 0 Å². The Bertz CT molecular complexity index is 668. The molecule has 0 spiro atoms. The lowest BCUT2D eigenvalue weighted by Gasteiger charge is -2.27. The number of quaternary nitrogens is 1. The fourth-order valence-electron chi connectivity index (χ4n) is 3.26. The van der Waals surface area contributed by atoms with Crippen LogP contribution >= 0.6 is 0 Å². The lowest BCUT2D eigenvalue weighted by Crippen LogP contribution is -3.13. The van der Waals surface area contributed by atoms with E-state index in [-0.39, 0.29) is 0 Å². The Kier molecular flexibility index (Phi) is 4.99. The molecule has 0 saturated carbocycles. The highest BCUT2D eigenvalue weighted by Crippen LogP contribution is 2.19. The van der Waals surface area contributed by atoms with Gasteiger partial charge in [-0.3, -0.25) is 0 Å². The molecule has 2 N–H and O–H groups in total. The highest BCUT2D eigenvalue weighted by atomic mass is 16.5. The number of fused-ring (bicyclic) bond motifs is 1. The molecule has 0 aliphatic carbocycles. The maximum atomic E-state index is 10.3. The van der Waals surface area contributed by atoms with Crippen LogP contribution in [0.5, 0.6) is 5.75 Å². The van der Waals surface area contributed by atoms with Crippen LogP contribution < -0.4 is 9.64 Å². The number of rotatable bonds is 5. The van der Waals surface area contributed by atoms with Crippen LogP contribution in [0.1, 0.15) is 22.3 Å². The number of hydrogen-bond donors (Lipinski definition) is 2.